The molecule has 0 radical (unpaired) electrons. The fourth-order valence-corrected chi connectivity index (χ4v) is 3.01. The van der Waals surface area contributed by atoms with Gasteiger partial charge >= 0.3 is 0 Å². The Morgan fingerprint density at radius 3 is 2.54 bits per heavy atom. The summed E-state index contributed by atoms with van der Waals surface area (Å²) in [6, 6.07) is 14.4. The van der Waals surface area contributed by atoms with Gasteiger partial charge in [-0.05, 0) is 50.2 Å². The molecule has 7 heteroatoms. The lowest BCUT2D eigenvalue weighted by Gasteiger charge is -2.10. The van der Waals surface area contributed by atoms with E-state index in [-0.39, 0.29) is 11.9 Å². The minimum absolute atomic E-state index is 0.00539. The van der Waals surface area contributed by atoms with Gasteiger partial charge in [0.15, 0.2) is 0 Å². The van der Waals surface area contributed by atoms with Crippen LogP contribution in [0.2, 0.25) is 5.02 Å². The number of halogens is 1. The average molecular weight is 400 g/mol. The van der Waals surface area contributed by atoms with E-state index in [2.05, 4.69) is 10.4 Å². The number of nitrogens with zero attached hydrogens (tertiary/aromatic N) is 2. The van der Waals surface area contributed by atoms with E-state index in [1.54, 1.807) is 43.2 Å². The highest BCUT2D eigenvalue weighted by molar-refractivity contribution is 6.30. The zero-order valence-electron chi connectivity index (χ0n) is 16.2. The molecule has 6 nitrogen and oxygen atoms in total. The van der Waals surface area contributed by atoms with Crippen LogP contribution in [0.4, 0.5) is 0 Å². The van der Waals surface area contributed by atoms with E-state index in [1.165, 1.54) is 0 Å². The summed E-state index contributed by atoms with van der Waals surface area (Å²) < 4.78 is 12.3. The van der Waals surface area contributed by atoms with E-state index in [0.717, 1.165) is 5.56 Å². The molecule has 28 heavy (non-hydrogen) atoms. The number of ether oxygens (including phenoxy) is 2. The predicted molar refractivity (Wildman–Crippen MR) is 110 cm³/mol. The molecule has 1 N–H and O–H groups in total. The molecule has 0 unspecified atom stereocenters. The number of methoxy groups -OCH3 is 2. The fraction of sp³-hybridized carbons (Fsp3) is 0.238. The summed E-state index contributed by atoms with van der Waals surface area (Å²) in [5, 5.41) is 8.13. The quantitative estimate of drug-likeness (QED) is 0.669. The fourth-order valence-electron chi connectivity index (χ4n) is 2.83. The summed E-state index contributed by atoms with van der Waals surface area (Å²) in [4.78, 5) is 12.8. The van der Waals surface area contributed by atoms with Crippen LogP contribution in [0.1, 0.15) is 24.3 Å². The molecule has 0 spiro atoms. The van der Waals surface area contributed by atoms with Crippen molar-refractivity contribution < 1.29 is 14.3 Å². The van der Waals surface area contributed by atoms with Crippen LogP contribution in [-0.2, 0) is 0 Å². The van der Waals surface area contributed by atoms with Crippen molar-refractivity contribution in [3.05, 3.63) is 59.2 Å². The molecule has 0 saturated heterocycles. The maximum absolute atomic E-state index is 12.8. The van der Waals surface area contributed by atoms with Crippen molar-refractivity contribution in [1.29, 1.82) is 0 Å². The number of hydrogen-bond acceptors (Lipinski definition) is 4. The van der Waals surface area contributed by atoms with Crippen molar-refractivity contribution in [3.63, 3.8) is 0 Å². The molecule has 1 amide bonds. The number of nitrogens with one attached hydrogen (secondary N) is 1. The van der Waals surface area contributed by atoms with Crippen molar-refractivity contribution in [1.82, 2.24) is 15.1 Å². The van der Waals surface area contributed by atoms with Crippen molar-refractivity contribution >= 4 is 17.5 Å². The third-order valence-electron chi connectivity index (χ3n) is 4.10. The summed E-state index contributed by atoms with van der Waals surface area (Å²) in [5.74, 6) is 1.06. The first-order chi connectivity index (χ1) is 13.4. The molecule has 0 aliphatic rings. The van der Waals surface area contributed by atoms with Crippen LogP contribution in [0, 0.1) is 0 Å². The Morgan fingerprint density at radius 2 is 1.89 bits per heavy atom. The Hall–Kier alpha value is -2.99. The van der Waals surface area contributed by atoms with Crippen molar-refractivity contribution in [2.24, 2.45) is 0 Å². The lowest BCUT2D eigenvalue weighted by molar-refractivity contribution is 0.0935. The maximum Gasteiger partial charge on any atom is 0.270 e. The SMILES string of the molecule is COc1ccc(-c2cc(C(=O)NC(C)C)n(-c3cccc(Cl)c3)n2)c(OC)c1. The molecule has 0 aliphatic heterocycles. The molecule has 3 rings (SSSR count). The Balaban J connectivity index is 2.15. The van der Waals surface area contributed by atoms with Gasteiger partial charge in [-0.25, -0.2) is 4.68 Å². The van der Waals surface area contributed by atoms with E-state index < -0.39 is 0 Å². The first kappa shape index (κ1) is 19.8. The van der Waals surface area contributed by atoms with Gasteiger partial charge in [0.1, 0.15) is 17.2 Å². The highest BCUT2D eigenvalue weighted by atomic mass is 35.5. The van der Waals surface area contributed by atoms with Crippen molar-refractivity contribution in [3.8, 4) is 28.4 Å². The maximum atomic E-state index is 12.8. The van der Waals surface area contributed by atoms with Crippen LogP contribution >= 0.6 is 11.6 Å². The van der Waals surface area contributed by atoms with Crippen LogP contribution in [0.25, 0.3) is 16.9 Å². The molecular formula is C21H22ClN3O3. The van der Waals surface area contributed by atoms with E-state index >= 15 is 0 Å². The topological polar surface area (TPSA) is 65.4 Å². The number of benzene rings is 2. The Kier molecular flexibility index (Phi) is 5.90. The normalized spacial score (nSPS) is 10.8. The third-order valence-corrected chi connectivity index (χ3v) is 4.33. The Labute approximate surface area is 169 Å². The minimum atomic E-state index is -0.221. The second-order valence-corrected chi connectivity index (χ2v) is 6.94. The first-order valence-electron chi connectivity index (χ1n) is 8.82. The van der Waals surface area contributed by atoms with Crippen LogP contribution in [0.15, 0.2) is 48.5 Å². The molecular weight excluding hydrogens is 378 g/mol. The van der Waals surface area contributed by atoms with Gasteiger partial charge < -0.3 is 14.8 Å². The lowest BCUT2D eigenvalue weighted by Crippen LogP contribution is -2.31. The molecule has 0 atom stereocenters. The first-order valence-corrected chi connectivity index (χ1v) is 9.20. The number of hydrogen-bond donors (Lipinski definition) is 1. The van der Waals surface area contributed by atoms with Gasteiger partial charge in [-0.15, -0.1) is 0 Å². The lowest BCUT2D eigenvalue weighted by atomic mass is 10.1. The zero-order chi connectivity index (χ0) is 20.3. The molecule has 0 bridgehead atoms. The summed E-state index contributed by atoms with van der Waals surface area (Å²) in [7, 11) is 3.18. The number of rotatable bonds is 6. The summed E-state index contributed by atoms with van der Waals surface area (Å²) in [6.07, 6.45) is 0. The van der Waals surface area contributed by atoms with Gasteiger partial charge in [0, 0.05) is 22.7 Å². The van der Waals surface area contributed by atoms with E-state index in [9.17, 15) is 4.79 Å². The molecule has 1 aromatic heterocycles. The van der Waals surface area contributed by atoms with Gasteiger partial charge in [0.05, 0.1) is 25.6 Å². The predicted octanol–water partition coefficient (Wildman–Crippen LogP) is 4.35. The summed E-state index contributed by atoms with van der Waals surface area (Å²) >= 11 is 6.14. The third kappa shape index (κ3) is 4.12. The molecule has 3 aromatic rings. The number of amides is 1. The Bertz CT molecular complexity index is 998. The Morgan fingerprint density at radius 1 is 1.11 bits per heavy atom. The number of carbonyl (C=O) groups is 1. The van der Waals surface area contributed by atoms with Crippen LogP contribution < -0.4 is 14.8 Å². The highest BCUT2D eigenvalue weighted by Gasteiger charge is 2.20. The van der Waals surface area contributed by atoms with Gasteiger partial charge in [0.2, 0.25) is 0 Å². The minimum Gasteiger partial charge on any atom is -0.497 e. The smallest absolute Gasteiger partial charge is 0.270 e. The monoisotopic (exact) mass is 399 g/mol. The standard InChI is InChI=1S/C21H22ClN3O3/c1-13(2)23-21(26)19-12-18(17-9-8-16(27-3)11-20(17)28-4)24-25(19)15-7-5-6-14(22)10-15/h5-13H,1-4H3,(H,23,26). The van der Waals surface area contributed by atoms with Gasteiger partial charge in [-0.2, -0.15) is 5.10 Å². The van der Waals surface area contributed by atoms with E-state index in [1.807, 2.05) is 38.1 Å². The van der Waals surface area contributed by atoms with E-state index in [4.69, 9.17) is 21.1 Å². The summed E-state index contributed by atoms with van der Waals surface area (Å²) in [6.45, 7) is 3.82. The largest absolute Gasteiger partial charge is 0.497 e. The van der Waals surface area contributed by atoms with Crippen LogP contribution in [0.3, 0.4) is 0 Å². The molecule has 2 aromatic carbocycles. The second-order valence-electron chi connectivity index (χ2n) is 6.50. The van der Waals surface area contributed by atoms with Crippen molar-refractivity contribution in [2.45, 2.75) is 19.9 Å². The molecule has 0 fully saturated rings. The number of aromatic nitrogens is 2. The van der Waals surface area contributed by atoms with Crippen molar-refractivity contribution in [2.75, 3.05) is 14.2 Å². The molecule has 0 aliphatic carbocycles. The van der Waals surface area contributed by atoms with Gasteiger partial charge in [0.25, 0.3) is 5.91 Å². The van der Waals surface area contributed by atoms with Crippen LogP contribution in [-0.4, -0.2) is 35.9 Å². The molecule has 1 heterocycles. The number of carbonyl (C=O) groups excluding carboxylic acids is 1. The van der Waals surface area contributed by atoms with E-state index in [0.29, 0.717) is 33.6 Å². The molecule has 0 saturated carbocycles. The average Bonchev–Trinajstić information content (AvgIpc) is 3.12. The molecule has 146 valence electrons. The van der Waals surface area contributed by atoms with Crippen LogP contribution in [0.5, 0.6) is 11.5 Å². The zero-order valence-corrected chi connectivity index (χ0v) is 16.9. The highest BCUT2D eigenvalue weighted by Crippen LogP contribution is 2.33. The second kappa shape index (κ2) is 8.35. The van der Waals surface area contributed by atoms with Gasteiger partial charge in [-0.3, -0.25) is 4.79 Å². The van der Waals surface area contributed by atoms with Gasteiger partial charge in [-0.1, -0.05) is 17.7 Å². The summed E-state index contributed by atoms with van der Waals surface area (Å²) in [5.41, 5.74) is 2.46.